The van der Waals surface area contributed by atoms with E-state index >= 15 is 0 Å². The molecule has 0 bridgehead atoms. The molecule has 2 aromatic heterocycles. The molecule has 0 saturated carbocycles. The molecule has 1 saturated heterocycles. The first-order valence-corrected chi connectivity index (χ1v) is 12.9. The Morgan fingerprint density at radius 1 is 1.17 bits per heavy atom. The highest BCUT2D eigenvalue weighted by atomic mass is 32.2. The lowest BCUT2D eigenvalue weighted by atomic mass is 10.0. The van der Waals surface area contributed by atoms with Gasteiger partial charge < -0.3 is 14.6 Å². The minimum absolute atomic E-state index is 0.0166. The maximum Gasteiger partial charge on any atom is 0.220 e. The summed E-state index contributed by atoms with van der Waals surface area (Å²) in [5.74, 6) is 1.16. The second kappa shape index (κ2) is 8.77. The van der Waals surface area contributed by atoms with Crippen LogP contribution in [0.15, 0.2) is 65.7 Å². The first kappa shape index (κ1) is 23.0. The van der Waals surface area contributed by atoms with Gasteiger partial charge in [-0.3, -0.25) is 9.78 Å². The van der Waals surface area contributed by atoms with E-state index in [0.717, 1.165) is 6.26 Å². The van der Waals surface area contributed by atoms with Gasteiger partial charge in [0, 0.05) is 37.4 Å². The van der Waals surface area contributed by atoms with Gasteiger partial charge in [0.15, 0.2) is 15.7 Å². The third-order valence-corrected chi connectivity index (χ3v) is 7.14. The van der Waals surface area contributed by atoms with Crippen LogP contribution in [-0.4, -0.2) is 53.1 Å². The standard InChI is InChI=1S/C25H23FN4O4S/c1-15(31)30-14-16(26)11-23(30)19-12-21-22(29-25(28-21)20-5-3-4-10-27-20)13-24(19)34-17-6-8-18(9-7-17)35(2,32)33/h3-10,12-13,16,23H,11,14H2,1-2H3,(H,28,29). The maximum absolute atomic E-state index is 14.4. The van der Waals surface area contributed by atoms with Gasteiger partial charge in [-0.1, -0.05) is 6.07 Å². The van der Waals surface area contributed by atoms with Crippen LogP contribution in [0.4, 0.5) is 4.39 Å². The van der Waals surface area contributed by atoms with E-state index in [-0.39, 0.29) is 23.8 Å². The number of benzene rings is 2. The van der Waals surface area contributed by atoms with Crippen molar-refractivity contribution in [3.05, 3.63) is 66.4 Å². The number of H-pyrrole nitrogens is 1. The fourth-order valence-corrected chi connectivity index (χ4v) is 4.97. The van der Waals surface area contributed by atoms with E-state index in [4.69, 9.17) is 4.74 Å². The molecule has 35 heavy (non-hydrogen) atoms. The number of nitrogens with zero attached hydrogens (tertiary/aromatic N) is 3. The molecule has 1 aliphatic heterocycles. The van der Waals surface area contributed by atoms with Gasteiger partial charge in [-0.25, -0.2) is 17.8 Å². The summed E-state index contributed by atoms with van der Waals surface area (Å²) < 4.78 is 44.1. The minimum Gasteiger partial charge on any atom is -0.457 e. The number of carbonyl (C=O) groups excluding carboxylic acids is 1. The zero-order chi connectivity index (χ0) is 24.7. The molecule has 2 aromatic carbocycles. The van der Waals surface area contributed by atoms with Crippen molar-refractivity contribution in [2.24, 2.45) is 0 Å². The Balaban J connectivity index is 1.60. The highest BCUT2D eigenvalue weighted by Gasteiger charge is 2.37. The number of ether oxygens (including phenoxy) is 1. The molecule has 1 amide bonds. The molecule has 4 aromatic rings. The largest absolute Gasteiger partial charge is 0.457 e. The number of pyridine rings is 1. The lowest BCUT2D eigenvalue weighted by molar-refractivity contribution is -0.129. The Morgan fingerprint density at radius 2 is 1.94 bits per heavy atom. The summed E-state index contributed by atoms with van der Waals surface area (Å²) in [6.45, 7) is 1.44. The second-order valence-electron chi connectivity index (χ2n) is 8.57. The number of hydrogen-bond acceptors (Lipinski definition) is 6. The monoisotopic (exact) mass is 494 g/mol. The third-order valence-electron chi connectivity index (χ3n) is 6.01. The number of aromatic amines is 1. The minimum atomic E-state index is -3.35. The molecule has 8 nitrogen and oxygen atoms in total. The summed E-state index contributed by atoms with van der Waals surface area (Å²) in [4.78, 5) is 26.2. The predicted octanol–water partition coefficient (Wildman–Crippen LogP) is 4.45. The van der Waals surface area contributed by atoms with Crippen molar-refractivity contribution in [1.29, 1.82) is 0 Å². The summed E-state index contributed by atoms with van der Waals surface area (Å²) in [5, 5.41) is 0. The zero-order valence-electron chi connectivity index (χ0n) is 19.1. The van der Waals surface area contributed by atoms with E-state index in [1.807, 2.05) is 24.3 Å². The zero-order valence-corrected chi connectivity index (χ0v) is 19.9. The van der Waals surface area contributed by atoms with Crippen LogP contribution < -0.4 is 4.74 Å². The highest BCUT2D eigenvalue weighted by molar-refractivity contribution is 7.90. The van der Waals surface area contributed by atoms with Crippen LogP contribution in [0.2, 0.25) is 0 Å². The van der Waals surface area contributed by atoms with Gasteiger partial charge in [0.05, 0.1) is 28.5 Å². The second-order valence-corrected chi connectivity index (χ2v) is 10.6. The van der Waals surface area contributed by atoms with E-state index in [0.29, 0.717) is 39.6 Å². The number of alkyl halides is 1. The summed E-state index contributed by atoms with van der Waals surface area (Å²) >= 11 is 0. The molecule has 1 fully saturated rings. The van der Waals surface area contributed by atoms with Gasteiger partial charge in [0.2, 0.25) is 5.91 Å². The average molecular weight is 495 g/mol. The van der Waals surface area contributed by atoms with Crippen LogP contribution >= 0.6 is 0 Å². The summed E-state index contributed by atoms with van der Waals surface area (Å²) in [7, 11) is -3.35. The van der Waals surface area contributed by atoms with Crippen LogP contribution in [0, 0.1) is 0 Å². The molecular weight excluding hydrogens is 471 g/mol. The number of rotatable bonds is 5. The molecular formula is C25H23FN4O4S. The van der Waals surface area contributed by atoms with E-state index in [1.54, 1.807) is 24.4 Å². The molecule has 10 heteroatoms. The van der Waals surface area contributed by atoms with Crippen molar-refractivity contribution in [3.8, 4) is 23.0 Å². The molecule has 3 heterocycles. The Hall–Kier alpha value is -3.79. The summed E-state index contributed by atoms with van der Waals surface area (Å²) in [6.07, 6.45) is 1.81. The molecule has 1 N–H and O–H groups in total. The molecule has 0 spiro atoms. The van der Waals surface area contributed by atoms with Crippen molar-refractivity contribution in [1.82, 2.24) is 19.9 Å². The lowest BCUT2D eigenvalue weighted by Gasteiger charge is -2.25. The number of sulfone groups is 1. The first-order valence-electron chi connectivity index (χ1n) is 11.0. The van der Waals surface area contributed by atoms with E-state index in [9.17, 15) is 17.6 Å². The van der Waals surface area contributed by atoms with Crippen molar-refractivity contribution in [2.45, 2.75) is 30.5 Å². The van der Waals surface area contributed by atoms with Gasteiger partial charge in [-0.05, 0) is 42.5 Å². The van der Waals surface area contributed by atoms with Crippen molar-refractivity contribution >= 4 is 26.8 Å². The molecule has 5 rings (SSSR count). The van der Waals surface area contributed by atoms with Crippen LogP contribution in [0.5, 0.6) is 11.5 Å². The fraction of sp³-hybridized carbons (Fsp3) is 0.240. The third kappa shape index (κ3) is 4.61. The topological polar surface area (TPSA) is 105 Å². The number of hydrogen-bond donors (Lipinski definition) is 1. The smallest absolute Gasteiger partial charge is 0.220 e. The number of halogens is 1. The van der Waals surface area contributed by atoms with Crippen molar-refractivity contribution in [2.75, 3.05) is 12.8 Å². The van der Waals surface area contributed by atoms with E-state index in [1.165, 1.54) is 24.0 Å². The number of amides is 1. The maximum atomic E-state index is 14.4. The number of aromatic nitrogens is 3. The van der Waals surface area contributed by atoms with Gasteiger partial charge in [-0.2, -0.15) is 0 Å². The molecule has 2 atom stereocenters. The summed E-state index contributed by atoms with van der Waals surface area (Å²) in [6, 6.07) is 14.6. The van der Waals surface area contributed by atoms with Crippen LogP contribution in [0.1, 0.15) is 24.9 Å². The van der Waals surface area contributed by atoms with E-state index in [2.05, 4.69) is 15.0 Å². The van der Waals surface area contributed by atoms with Gasteiger partial charge in [-0.15, -0.1) is 0 Å². The van der Waals surface area contributed by atoms with E-state index < -0.39 is 22.1 Å². The number of nitrogens with one attached hydrogen (secondary N) is 1. The number of imidazole rings is 1. The number of fused-ring (bicyclic) bond motifs is 1. The van der Waals surface area contributed by atoms with Crippen molar-refractivity contribution in [3.63, 3.8) is 0 Å². The molecule has 2 unspecified atom stereocenters. The average Bonchev–Trinajstić information content (AvgIpc) is 3.42. The predicted molar refractivity (Wildman–Crippen MR) is 129 cm³/mol. The lowest BCUT2D eigenvalue weighted by Crippen LogP contribution is -2.29. The highest BCUT2D eigenvalue weighted by Crippen LogP contribution is 2.41. The van der Waals surface area contributed by atoms with Gasteiger partial charge >= 0.3 is 0 Å². The fourth-order valence-electron chi connectivity index (χ4n) is 4.34. The number of carbonyl (C=O) groups is 1. The summed E-state index contributed by atoms with van der Waals surface area (Å²) in [5.41, 5.74) is 2.61. The Kier molecular flexibility index (Phi) is 5.76. The Labute approximate surface area is 201 Å². The normalized spacial score (nSPS) is 18.2. The molecule has 0 aliphatic carbocycles. The Morgan fingerprint density at radius 3 is 2.60 bits per heavy atom. The van der Waals surface area contributed by atoms with Crippen LogP contribution in [0.25, 0.3) is 22.6 Å². The van der Waals surface area contributed by atoms with Gasteiger partial charge in [0.1, 0.15) is 23.4 Å². The van der Waals surface area contributed by atoms with Crippen LogP contribution in [-0.2, 0) is 14.6 Å². The van der Waals surface area contributed by atoms with Gasteiger partial charge in [0.25, 0.3) is 0 Å². The number of likely N-dealkylation sites (tertiary alicyclic amines) is 1. The van der Waals surface area contributed by atoms with Crippen molar-refractivity contribution < 1.29 is 22.3 Å². The molecule has 180 valence electrons. The molecule has 1 aliphatic rings. The van der Waals surface area contributed by atoms with Crippen LogP contribution in [0.3, 0.4) is 0 Å². The quantitative estimate of drug-likeness (QED) is 0.439. The first-order chi connectivity index (χ1) is 16.7. The molecule has 0 radical (unpaired) electrons. The SMILES string of the molecule is CC(=O)N1CC(F)CC1c1cc2[nH]c(-c3ccccn3)nc2cc1Oc1ccc(S(C)(=O)=O)cc1. The Bertz CT molecular complexity index is 1500.